The first kappa shape index (κ1) is 14.2. The first-order valence-electron chi connectivity index (χ1n) is 6.50. The molecule has 0 aromatic heterocycles. The summed E-state index contributed by atoms with van der Waals surface area (Å²) >= 11 is 2.19. The molecule has 0 saturated carbocycles. The molecule has 0 aliphatic carbocycles. The van der Waals surface area contributed by atoms with Crippen molar-refractivity contribution in [3.05, 3.63) is 63.0 Å². The Bertz CT molecular complexity index is 758. The van der Waals surface area contributed by atoms with Crippen LogP contribution in [0.4, 0.5) is 10.1 Å². The Hall–Kier alpha value is -1.76. The zero-order chi connectivity index (χ0) is 15.0. The number of benzodiazepines with no additional fused rings is 1. The lowest BCUT2D eigenvalue weighted by Crippen LogP contribution is -2.22. The molecule has 1 aliphatic rings. The minimum Gasteiger partial charge on any atom is -0.324 e. The maximum Gasteiger partial charge on any atom is 0.248 e. The van der Waals surface area contributed by atoms with E-state index < -0.39 is 6.04 Å². The first-order valence-corrected chi connectivity index (χ1v) is 7.57. The summed E-state index contributed by atoms with van der Waals surface area (Å²) in [6.07, 6.45) is 0. The normalized spacial score (nSPS) is 17.6. The highest BCUT2D eigenvalue weighted by Gasteiger charge is 2.24. The quantitative estimate of drug-likeness (QED) is 0.738. The third kappa shape index (κ3) is 2.70. The second-order valence-corrected chi connectivity index (χ2v) is 6.06. The third-order valence-corrected chi connectivity index (χ3v) is 4.00. The molecular formula is C16H12FIN2O. The predicted molar refractivity (Wildman–Crippen MR) is 89.3 cm³/mol. The van der Waals surface area contributed by atoms with E-state index in [0.29, 0.717) is 17.0 Å². The van der Waals surface area contributed by atoms with Crippen LogP contribution in [0.15, 0.2) is 47.5 Å². The number of halogens is 2. The summed E-state index contributed by atoms with van der Waals surface area (Å²) in [5.41, 5.74) is 2.31. The van der Waals surface area contributed by atoms with Crippen LogP contribution in [0.25, 0.3) is 0 Å². The zero-order valence-electron chi connectivity index (χ0n) is 11.2. The fraction of sp³-hybridized carbons (Fsp3) is 0.125. The van der Waals surface area contributed by atoms with Gasteiger partial charge in [-0.3, -0.25) is 9.79 Å². The van der Waals surface area contributed by atoms with Crippen molar-refractivity contribution >= 4 is 39.9 Å². The van der Waals surface area contributed by atoms with E-state index in [1.807, 2.05) is 18.2 Å². The molecule has 3 rings (SSSR count). The predicted octanol–water partition coefficient (Wildman–Crippen LogP) is 3.61. The second-order valence-electron chi connectivity index (χ2n) is 4.81. The molecule has 2 aromatic carbocycles. The van der Waals surface area contributed by atoms with Gasteiger partial charge in [0.2, 0.25) is 5.91 Å². The van der Waals surface area contributed by atoms with E-state index in [0.717, 1.165) is 9.13 Å². The molecular weight excluding hydrogens is 382 g/mol. The maximum atomic E-state index is 14.1. The van der Waals surface area contributed by atoms with Crippen molar-refractivity contribution in [2.24, 2.45) is 4.99 Å². The molecule has 0 fully saturated rings. The summed E-state index contributed by atoms with van der Waals surface area (Å²) in [6.45, 7) is 1.70. The van der Waals surface area contributed by atoms with Crippen LogP contribution in [0.2, 0.25) is 0 Å². The van der Waals surface area contributed by atoms with E-state index in [2.05, 4.69) is 32.9 Å². The Morgan fingerprint density at radius 1 is 1.19 bits per heavy atom. The molecule has 2 aromatic rings. The molecule has 1 N–H and O–H groups in total. The summed E-state index contributed by atoms with van der Waals surface area (Å²) < 4.78 is 15.1. The van der Waals surface area contributed by atoms with Crippen LogP contribution in [0, 0.1) is 9.39 Å². The Balaban J connectivity index is 2.27. The van der Waals surface area contributed by atoms with Crippen molar-refractivity contribution in [1.29, 1.82) is 0 Å². The van der Waals surface area contributed by atoms with Gasteiger partial charge in [0, 0.05) is 14.7 Å². The van der Waals surface area contributed by atoms with Crippen molar-refractivity contribution in [3.63, 3.8) is 0 Å². The number of hydrogen-bond donors (Lipinski definition) is 1. The van der Waals surface area contributed by atoms with Crippen LogP contribution in [0.3, 0.4) is 0 Å². The molecule has 5 heteroatoms. The van der Waals surface area contributed by atoms with Crippen molar-refractivity contribution in [3.8, 4) is 0 Å². The number of anilines is 1. The van der Waals surface area contributed by atoms with Crippen molar-refractivity contribution in [2.75, 3.05) is 5.32 Å². The average Bonchev–Trinajstić information content (AvgIpc) is 2.58. The van der Waals surface area contributed by atoms with Gasteiger partial charge in [0.05, 0.1) is 11.4 Å². The van der Waals surface area contributed by atoms with Gasteiger partial charge in [-0.2, -0.15) is 0 Å². The highest BCUT2D eigenvalue weighted by molar-refractivity contribution is 14.1. The topological polar surface area (TPSA) is 41.5 Å². The number of nitrogens with zero attached hydrogens (tertiary/aromatic N) is 1. The first-order chi connectivity index (χ1) is 10.1. The van der Waals surface area contributed by atoms with E-state index >= 15 is 0 Å². The minimum absolute atomic E-state index is 0.191. The SMILES string of the molecule is C[C@@H]1N=C(c2ccccc2F)c2cc(I)ccc2NC1=O. The van der Waals surface area contributed by atoms with E-state index in [4.69, 9.17) is 0 Å². The number of hydrogen-bond acceptors (Lipinski definition) is 2. The van der Waals surface area contributed by atoms with Gasteiger partial charge in [-0.15, -0.1) is 0 Å². The maximum absolute atomic E-state index is 14.1. The summed E-state index contributed by atoms with van der Waals surface area (Å²) in [7, 11) is 0. The summed E-state index contributed by atoms with van der Waals surface area (Å²) in [5, 5.41) is 2.84. The molecule has 0 radical (unpaired) electrons. The average molecular weight is 394 g/mol. The van der Waals surface area contributed by atoms with Gasteiger partial charge < -0.3 is 5.32 Å². The number of amides is 1. The molecule has 0 saturated heterocycles. The van der Waals surface area contributed by atoms with Crippen LogP contribution in [-0.4, -0.2) is 17.7 Å². The Morgan fingerprint density at radius 2 is 1.95 bits per heavy atom. The molecule has 1 amide bonds. The van der Waals surface area contributed by atoms with E-state index in [-0.39, 0.29) is 11.7 Å². The van der Waals surface area contributed by atoms with Crippen molar-refractivity contribution in [2.45, 2.75) is 13.0 Å². The van der Waals surface area contributed by atoms with Crippen LogP contribution in [0.1, 0.15) is 18.1 Å². The molecule has 21 heavy (non-hydrogen) atoms. The molecule has 0 bridgehead atoms. The Morgan fingerprint density at radius 3 is 2.71 bits per heavy atom. The highest BCUT2D eigenvalue weighted by Crippen LogP contribution is 2.27. The number of carbonyl (C=O) groups is 1. The molecule has 106 valence electrons. The van der Waals surface area contributed by atoms with Gasteiger partial charge in [-0.25, -0.2) is 4.39 Å². The van der Waals surface area contributed by atoms with Crippen LogP contribution in [0.5, 0.6) is 0 Å². The fourth-order valence-electron chi connectivity index (χ4n) is 2.25. The van der Waals surface area contributed by atoms with Crippen molar-refractivity contribution < 1.29 is 9.18 Å². The molecule has 0 unspecified atom stereocenters. The summed E-state index contributed by atoms with van der Waals surface area (Å²) in [4.78, 5) is 16.4. The summed E-state index contributed by atoms with van der Waals surface area (Å²) in [5.74, 6) is -0.536. The number of carbonyl (C=O) groups excluding carboxylic acids is 1. The van der Waals surface area contributed by atoms with Crippen LogP contribution >= 0.6 is 22.6 Å². The number of benzene rings is 2. The van der Waals surface area contributed by atoms with Gasteiger partial charge in [0.1, 0.15) is 11.9 Å². The smallest absolute Gasteiger partial charge is 0.248 e. The number of rotatable bonds is 1. The second kappa shape index (κ2) is 5.55. The lowest BCUT2D eigenvalue weighted by Gasteiger charge is -2.11. The van der Waals surface area contributed by atoms with E-state index in [9.17, 15) is 9.18 Å². The summed E-state index contributed by atoms with van der Waals surface area (Å²) in [6, 6.07) is 11.5. The Kier molecular flexibility index (Phi) is 3.75. The van der Waals surface area contributed by atoms with E-state index in [1.54, 1.807) is 25.1 Å². The lowest BCUT2D eigenvalue weighted by molar-refractivity contribution is -0.116. The molecule has 0 spiro atoms. The van der Waals surface area contributed by atoms with Crippen LogP contribution < -0.4 is 5.32 Å². The highest BCUT2D eigenvalue weighted by atomic mass is 127. The minimum atomic E-state index is -0.565. The largest absolute Gasteiger partial charge is 0.324 e. The van der Waals surface area contributed by atoms with Gasteiger partial charge >= 0.3 is 0 Å². The fourth-order valence-corrected chi connectivity index (χ4v) is 2.74. The monoisotopic (exact) mass is 394 g/mol. The van der Waals surface area contributed by atoms with Crippen LogP contribution in [-0.2, 0) is 4.79 Å². The molecule has 1 aliphatic heterocycles. The molecule has 3 nitrogen and oxygen atoms in total. The van der Waals surface area contributed by atoms with Crippen molar-refractivity contribution in [1.82, 2.24) is 0 Å². The van der Waals surface area contributed by atoms with Gasteiger partial charge in [-0.1, -0.05) is 12.1 Å². The number of aliphatic imine (C=N–C) groups is 1. The third-order valence-electron chi connectivity index (χ3n) is 3.33. The zero-order valence-corrected chi connectivity index (χ0v) is 13.4. The standard InChI is InChI=1S/C16H12FIN2O/c1-9-16(21)20-14-7-6-10(18)8-12(14)15(19-9)11-4-2-3-5-13(11)17/h2-9H,1H3,(H,20,21)/t9-/m0/s1. The molecule has 1 atom stereocenters. The lowest BCUT2D eigenvalue weighted by atomic mass is 10.00. The van der Waals surface area contributed by atoms with Gasteiger partial charge in [0.15, 0.2) is 0 Å². The van der Waals surface area contributed by atoms with Gasteiger partial charge in [-0.05, 0) is 59.8 Å². The number of nitrogens with one attached hydrogen (secondary N) is 1. The number of fused-ring (bicyclic) bond motifs is 1. The van der Waals surface area contributed by atoms with Gasteiger partial charge in [0.25, 0.3) is 0 Å². The molecule has 1 heterocycles. The van der Waals surface area contributed by atoms with E-state index in [1.165, 1.54) is 6.07 Å². The Labute approximate surface area is 135 Å².